The van der Waals surface area contributed by atoms with Gasteiger partial charge in [0.05, 0.1) is 18.4 Å². The highest BCUT2D eigenvalue weighted by Crippen LogP contribution is 2.36. The van der Waals surface area contributed by atoms with Gasteiger partial charge in [0.25, 0.3) is 5.91 Å². The molecule has 0 radical (unpaired) electrons. The molecule has 0 bridgehead atoms. The minimum absolute atomic E-state index is 0.175. The van der Waals surface area contributed by atoms with Crippen LogP contribution in [0.2, 0.25) is 0 Å². The van der Waals surface area contributed by atoms with Gasteiger partial charge in [-0.1, -0.05) is 54.2 Å². The summed E-state index contributed by atoms with van der Waals surface area (Å²) in [7, 11) is 1.60. The zero-order valence-corrected chi connectivity index (χ0v) is 16.5. The Labute approximate surface area is 167 Å². The highest BCUT2D eigenvalue weighted by atomic mass is 32.2. The van der Waals surface area contributed by atoms with Crippen LogP contribution in [0, 0.1) is 0 Å². The Morgan fingerprint density at radius 3 is 2.44 bits per heavy atom. The third kappa shape index (κ3) is 4.37. The molecule has 0 aliphatic carbocycles. The van der Waals surface area contributed by atoms with E-state index in [0.717, 1.165) is 27.5 Å². The van der Waals surface area contributed by atoms with Crippen LogP contribution >= 0.6 is 24.0 Å². The Bertz CT molecular complexity index is 909. The van der Waals surface area contributed by atoms with Crippen LogP contribution in [-0.2, 0) is 16.0 Å². The van der Waals surface area contributed by atoms with E-state index in [1.165, 1.54) is 11.8 Å². The van der Waals surface area contributed by atoms with Crippen molar-refractivity contribution < 1.29 is 14.3 Å². The van der Waals surface area contributed by atoms with Crippen LogP contribution in [0.1, 0.15) is 18.1 Å². The van der Waals surface area contributed by atoms with Gasteiger partial charge in [-0.15, -0.1) is 0 Å². The number of nitrogens with zero attached hydrogens (tertiary/aromatic N) is 1. The number of hydrogen-bond donors (Lipinski definition) is 1. The van der Waals surface area contributed by atoms with Gasteiger partial charge in [-0.05, 0) is 48.0 Å². The molecule has 7 heteroatoms. The molecular weight excluding hydrogens is 380 g/mol. The average Bonchev–Trinajstić information content (AvgIpc) is 2.96. The molecular formula is C20H18N2O3S2. The summed E-state index contributed by atoms with van der Waals surface area (Å²) in [5.74, 6) is 0.132. The fourth-order valence-electron chi connectivity index (χ4n) is 2.61. The first-order valence-corrected chi connectivity index (χ1v) is 9.47. The van der Waals surface area contributed by atoms with Crippen LogP contribution in [0.5, 0.6) is 5.75 Å². The molecule has 5 nitrogen and oxygen atoms in total. The number of allylic oxidation sites excluding steroid dienone is 1. The van der Waals surface area contributed by atoms with Gasteiger partial charge in [0.15, 0.2) is 4.32 Å². The third-order valence-corrected chi connectivity index (χ3v) is 5.55. The first-order chi connectivity index (χ1) is 13.0. The van der Waals surface area contributed by atoms with E-state index >= 15 is 0 Å². The van der Waals surface area contributed by atoms with Crippen LogP contribution in [0.4, 0.5) is 0 Å². The Kier molecular flexibility index (Phi) is 5.93. The number of methoxy groups -OCH3 is 1. The minimum atomic E-state index is -0.320. The van der Waals surface area contributed by atoms with Gasteiger partial charge in [0.2, 0.25) is 5.91 Å². The van der Waals surface area contributed by atoms with Crippen LogP contribution in [0.25, 0.3) is 5.57 Å². The number of thiocarbonyl (C=S) groups is 1. The van der Waals surface area contributed by atoms with Crippen LogP contribution in [0.3, 0.4) is 0 Å². The van der Waals surface area contributed by atoms with E-state index in [4.69, 9.17) is 17.0 Å². The summed E-state index contributed by atoms with van der Waals surface area (Å²) in [6, 6.07) is 16.8. The number of hydrazine groups is 1. The van der Waals surface area contributed by atoms with Crippen molar-refractivity contribution in [2.45, 2.75) is 13.3 Å². The van der Waals surface area contributed by atoms with Crippen molar-refractivity contribution in [2.24, 2.45) is 0 Å². The minimum Gasteiger partial charge on any atom is -0.497 e. The summed E-state index contributed by atoms with van der Waals surface area (Å²) in [5.41, 5.74) is 5.17. The number of carbonyl (C=O) groups excluding carboxylic acids is 2. The van der Waals surface area contributed by atoms with E-state index in [-0.39, 0.29) is 18.2 Å². The molecule has 0 saturated carbocycles. The van der Waals surface area contributed by atoms with Crippen molar-refractivity contribution >= 4 is 45.7 Å². The topological polar surface area (TPSA) is 58.6 Å². The molecule has 3 rings (SSSR count). The first kappa shape index (κ1) is 19.1. The zero-order chi connectivity index (χ0) is 19.4. The van der Waals surface area contributed by atoms with Crippen molar-refractivity contribution in [1.29, 1.82) is 0 Å². The largest absolute Gasteiger partial charge is 0.497 e. The summed E-state index contributed by atoms with van der Waals surface area (Å²) in [6.07, 6.45) is 0.175. The molecule has 0 unspecified atom stereocenters. The molecule has 0 atom stereocenters. The van der Waals surface area contributed by atoms with Crippen molar-refractivity contribution in [2.75, 3.05) is 7.11 Å². The number of thioether (sulfide) groups is 1. The fraction of sp³-hybridized carbons (Fsp3) is 0.150. The van der Waals surface area contributed by atoms with Crippen LogP contribution in [0.15, 0.2) is 59.5 Å². The molecule has 0 aromatic heterocycles. The van der Waals surface area contributed by atoms with E-state index in [0.29, 0.717) is 9.23 Å². The fourth-order valence-corrected chi connectivity index (χ4v) is 3.83. The van der Waals surface area contributed by atoms with Gasteiger partial charge in [0, 0.05) is 0 Å². The maximum absolute atomic E-state index is 12.8. The Morgan fingerprint density at radius 1 is 1.15 bits per heavy atom. The number of hydrogen-bond acceptors (Lipinski definition) is 5. The molecule has 27 heavy (non-hydrogen) atoms. The predicted molar refractivity (Wildman–Crippen MR) is 111 cm³/mol. The second kappa shape index (κ2) is 8.37. The normalized spacial score (nSPS) is 15.7. The molecule has 1 heterocycles. The molecule has 2 aromatic rings. The quantitative estimate of drug-likeness (QED) is 0.616. The van der Waals surface area contributed by atoms with Gasteiger partial charge < -0.3 is 4.74 Å². The Balaban J connectivity index is 1.74. The highest BCUT2D eigenvalue weighted by Gasteiger charge is 2.35. The molecule has 138 valence electrons. The third-order valence-electron chi connectivity index (χ3n) is 4.08. The lowest BCUT2D eigenvalue weighted by molar-refractivity contribution is -0.132. The van der Waals surface area contributed by atoms with Crippen LogP contribution < -0.4 is 10.2 Å². The number of benzene rings is 2. The Morgan fingerprint density at radius 2 is 1.81 bits per heavy atom. The smallest absolute Gasteiger partial charge is 0.285 e. The summed E-state index contributed by atoms with van der Waals surface area (Å²) in [5, 5.41) is 1.15. The monoisotopic (exact) mass is 398 g/mol. The number of rotatable bonds is 5. The van der Waals surface area contributed by atoms with Crippen molar-refractivity contribution in [1.82, 2.24) is 10.4 Å². The van der Waals surface area contributed by atoms with E-state index < -0.39 is 0 Å². The number of nitrogens with one attached hydrogen (secondary N) is 1. The second-order valence-electron chi connectivity index (χ2n) is 5.89. The molecule has 1 aliphatic heterocycles. The maximum atomic E-state index is 12.8. The standard InChI is InChI=1S/C20H18N2O3S2/c1-13(15-8-10-16(25-2)11-9-15)18-19(24)22(20(26)27-18)21-17(23)12-14-6-4-3-5-7-14/h3-11H,12H2,1-2H3,(H,21,23)/b18-13-. The molecule has 2 aromatic carbocycles. The van der Waals surface area contributed by atoms with E-state index in [1.807, 2.05) is 61.5 Å². The number of carbonyl (C=O) groups is 2. The number of amides is 2. The van der Waals surface area contributed by atoms with Crippen molar-refractivity contribution in [3.05, 3.63) is 70.6 Å². The predicted octanol–water partition coefficient (Wildman–Crippen LogP) is 3.56. The molecule has 0 spiro atoms. The zero-order valence-electron chi connectivity index (χ0n) is 14.9. The molecule has 1 saturated heterocycles. The number of ether oxygens (including phenoxy) is 1. The first-order valence-electron chi connectivity index (χ1n) is 8.24. The van der Waals surface area contributed by atoms with Gasteiger partial charge >= 0.3 is 0 Å². The van der Waals surface area contributed by atoms with Crippen LogP contribution in [-0.4, -0.2) is 28.3 Å². The van der Waals surface area contributed by atoms with E-state index in [2.05, 4.69) is 5.43 Å². The average molecular weight is 399 g/mol. The van der Waals surface area contributed by atoms with E-state index in [1.54, 1.807) is 7.11 Å². The summed E-state index contributed by atoms with van der Waals surface area (Å²) < 4.78 is 5.47. The second-order valence-corrected chi connectivity index (χ2v) is 7.53. The van der Waals surface area contributed by atoms with Crippen molar-refractivity contribution in [3.8, 4) is 5.75 Å². The highest BCUT2D eigenvalue weighted by molar-refractivity contribution is 8.26. The lowest BCUT2D eigenvalue weighted by Crippen LogP contribution is -2.45. The summed E-state index contributed by atoms with van der Waals surface area (Å²) >= 11 is 6.47. The maximum Gasteiger partial charge on any atom is 0.285 e. The van der Waals surface area contributed by atoms with Gasteiger partial charge in [-0.3, -0.25) is 15.0 Å². The lowest BCUT2D eigenvalue weighted by atomic mass is 10.1. The van der Waals surface area contributed by atoms with Gasteiger partial charge in [0.1, 0.15) is 5.75 Å². The van der Waals surface area contributed by atoms with E-state index in [9.17, 15) is 9.59 Å². The summed E-state index contributed by atoms with van der Waals surface area (Å²) in [6.45, 7) is 1.86. The molecule has 1 N–H and O–H groups in total. The van der Waals surface area contributed by atoms with Gasteiger partial charge in [-0.25, -0.2) is 0 Å². The SMILES string of the molecule is COc1ccc(/C(C)=C2\SC(=S)N(NC(=O)Cc3ccccc3)C2=O)cc1. The lowest BCUT2D eigenvalue weighted by Gasteiger charge is -2.15. The van der Waals surface area contributed by atoms with Gasteiger partial charge in [-0.2, -0.15) is 5.01 Å². The molecule has 1 aliphatic rings. The molecule has 2 amide bonds. The molecule has 1 fully saturated rings. The van der Waals surface area contributed by atoms with Crippen molar-refractivity contribution in [3.63, 3.8) is 0 Å². The Hall–Kier alpha value is -2.64. The summed E-state index contributed by atoms with van der Waals surface area (Å²) in [4.78, 5) is 25.5.